The highest BCUT2D eigenvalue weighted by Crippen LogP contribution is 2.24. The summed E-state index contributed by atoms with van der Waals surface area (Å²) in [5.74, 6) is 0. The molecule has 1 aromatic carbocycles. The van der Waals surface area contributed by atoms with E-state index in [1.165, 1.54) is 12.8 Å². The summed E-state index contributed by atoms with van der Waals surface area (Å²) in [4.78, 5) is 8.96. The Bertz CT molecular complexity index is 528. The van der Waals surface area contributed by atoms with Crippen molar-refractivity contribution in [1.82, 2.24) is 0 Å². The average Bonchev–Trinajstić information content (AvgIpc) is 2.29. The molecule has 0 heterocycles. The van der Waals surface area contributed by atoms with Crippen molar-refractivity contribution in [3.05, 3.63) is 28.3 Å². The third kappa shape index (κ3) is 6.13. The SMILES string of the molecule is CCCCN.Nc1ccc(S(=O)(=O)O)cc1[N+](=O)[O-]. The molecular weight excluding hydrogens is 274 g/mol. The third-order valence-corrected chi connectivity index (χ3v) is 2.90. The largest absolute Gasteiger partial charge is 0.393 e. The van der Waals surface area contributed by atoms with Crippen molar-refractivity contribution in [2.45, 2.75) is 24.7 Å². The fraction of sp³-hybridized carbons (Fsp3) is 0.400. The predicted octanol–water partition coefficient (Wildman–Crippen LogP) is 1.17. The summed E-state index contributed by atoms with van der Waals surface area (Å²) in [5.41, 5.74) is 9.63. The van der Waals surface area contributed by atoms with E-state index in [0.717, 1.165) is 18.7 Å². The lowest BCUT2D eigenvalue weighted by Crippen LogP contribution is -2.01. The number of nitrogen functional groups attached to an aromatic ring is 1. The number of unbranched alkanes of at least 4 members (excludes halogenated alkanes) is 1. The van der Waals surface area contributed by atoms with E-state index in [2.05, 4.69) is 6.92 Å². The second-order valence-corrected chi connectivity index (χ2v) is 5.02. The van der Waals surface area contributed by atoms with E-state index in [0.29, 0.717) is 6.07 Å². The first-order valence-electron chi connectivity index (χ1n) is 5.45. The van der Waals surface area contributed by atoms with Crippen LogP contribution in [0.1, 0.15) is 19.8 Å². The maximum Gasteiger partial charge on any atom is 0.294 e. The van der Waals surface area contributed by atoms with Crippen LogP contribution in [0.25, 0.3) is 0 Å². The molecule has 8 nitrogen and oxygen atoms in total. The van der Waals surface area contributed by atoms with Crippen LogP contribution in [0, 0.1) is 10.1 Å². The molecule has 0 aliphatic rings. The number of hydrogen-bond donors (Lipinski definition) is 3. The summed E-state index contributed by atoms with van der Waals surface area (Å²) in [6.45, 7) is 2.98. The van der Waals surface area contributed by atoms with E-state index in [9.17, 15) is 18.5 Å². The normalized spacial score (nSPS) is 10.5. The maximum absolute atomic E-state index is 10.6. The average molecular weight is 291 g/mol. The van der Waals surface area contributed by atoms with E-state index in [-0.39, 0.29) is 5.69 Å². The van der Waals surface area contributed by atoms with Crippen LogP contribution in [0.15, 0.2) is 23.1 Å². The summed E-state index contributed by atoms with van der Waals surface area (Å²) in [6.07, 6.45) is 2.39. The zero-order valence-electron chi connectivity index (χ0n) is 10.4. The van der Waals surface area contributed by atoms with Gasteiger partial charge in [0.2, 0.25) is 0 Å². The monoisotopic (exact) mass is 291 g/mol. The molecule has 19 heavy (non-hydrogen) atoms. The summed E-state index contributed by atoms with van der Waals surface area (Å²) in [5, 5.41) is 10.4. The molecule has 0 aliphatic heterocycles. The van der Waals surface area contributed by atoms with Gasteiger partial charge in [-0.2, -0.15) is 8.42 Å². The molecule has 0 aromatic heterocycles. The lowest BCUT2D eigenvalue weighted by Gasteiger charge is -1.99. The van der Waals surface area contributed by atoms with Gasteiger partial charge in [0, 0.05) is 6.07 Å². The van der Waals surface area contributed by atoms with E-state index in [4.69, 9.17) is 16.0 Å². The first kappa shape index (κ1) is 17.3. The van der Waals surface area contributed by atoms with E-state index in [1.54, 1.807) is 0 Å². The molecule has 0 spiro atoms. The zero-order chi connectivity index (χ0) is 15.1. The van der Waals surface area contributed by atoms with Gasteiger partial charge in [-0.1, -0.05) is 13.3 Å². The van der Waals surface area contributed by atoms with E-state index < -0.39 is 25.6 Å². The Kier molecular flexibility index (Phi) is 6.98. The fourth-order valence-electron chi connectivity index (χ4n) is 1.05. The van der Waals surface area contributed by atoms with Gasteiger partial charge in [-0.05, 0) is 25.1 Å². The molecule has 1 aromatic rings. The topological polar surface area (TPSA) is 150 Å². The van der Waals surface area contributed by atoms with Gasteiger partial charge in [0.25, 0.3) is 15.8 Å². The van der Waals surface area contributed by atoms with Crippen LogP contribution >= 0.6 is 0 Å². The van der Waals surface area contributed by atoms with Gasteiger partial charge in [0.05, 0.1) is 4.92 Å². The van der Waals surface area contributed by atoms with Gasteiger partial charge in [-0.15, -0.1) is 0 Å². The van der Waals surface area contributed by atoms with Crippen LogP contribution in [-0.4, -0.2) is 24.4 Å². The number of rotatable bonds is 4. The van der Waals surface area contributed by atoms with Gasteiger partial charge < -0.3 is 11.5 Å². The lowest BCUT2D eigenvalue weighted by molar-refractivity contribution is -0.384. The van der Waals surface area contributed by atoms with Crippen LogP contribution in [-0.2, 0) is 10.1 Å². The smallest absolute Gasteiger partial charge is 0.294 e. The third-order valence-electron chi connectivity index (χ3n) is 2.05. The molecule has 0 atom stereocenters. The summed E-state index contributed by atoms with van der Waals surface area (Å²) in [6, 6.07) is 2.73. The minimum Gasteiger partial charge on any atom is -0.393 e. The van der Waals surface area contributed by atoms with Crippen LogP contribution in [0.5, 0.6) is 0 Å². The van der Waals surface area contributed by atoms with Crippen molar-refractivity contribution in [3.63, 3.8) is 0 Å². The minimum atomic E-state index is -4.44. The van der Waals surface area contributed by atoms with Crippen LogP contribution in [0.2, 0.25) is 0 Å². The van der Waals surface area contributed by atoms with Gasteiger partial charge in [-0.25, -0.2) is 0 Å². The number of nitro benzene ring substituents is 1. The van der Waals surface area contributed by atoms with Crippen LogP contribution in [0.3, 0.4) is 0 Å². The van der Waals surface area contributed by atoms with Gasteiger partial charge in [0.1, 0.15) is 10.6 Å². The van der Waals surface area contributed by atoms with Crippen molar-refractivity contribution in [2.24, 2.45) is 5.73 Å². The van der Waals surface area contributed by atoms with Crippen LogP contribution < -0.4 is 11.5 Å². The highest BCUT2D eigenvalue weighted by atomic mass is 32.2. The van der Waals surface area contributed by atoms with E-state index >= 15 is 0 Å². The quantitative estimate of drug-likeness (QED) is 0.326. The van der Waals surface area contributed by atoms with Crippen molar-refractivity contribution >= 4 is 21.5 Å². The Morgan fingerprint density at radius 1 is 1.42 bits per heavy atom. The first-order chi connectivity index (χ1) is 8.73. The molecular formula is C10H17N3O5S. The molecule has 0 saturated heterocycles. The van der Waals surface area contributed by atoms with Gasteiger partial charge >= 0.3 is 0 Å². The highest BCUT2D eigenvalue weighted by Gasteiger charge is 2.17. The number of benzene rings is 1. The molecule has 0 bridgehead atoms. The summed E-state index contributed by atoms with van der Waals surface area (Å²) < 4.78 is 29.8. The summed E-state index contributed by atoms with van der Waals surface area (Å²) >= 11 is 0. The van der Waals surface area contributed by atoms with E-state index in [1.807, 2.05) is 0 Å². The maximum atomic E-state index is 10.6. The number of nitrogens with two attached hydrogens (primary N) is 2. The Hall–Kier alpha value is -1.71. The fourth-order valence-corrected chi connectivity index (χ4v) is 1.55. The minimum absolute atomic E-state index is 0.164. The molecule has 9 heteroatoms. The van der Waals surface area contributed by atoms with Crippen molar-refractivity contribution in [3.8, 4) is 0 Å². The molecule has 5 N–H and O–H groups in total. The second kappa shape index (κ2) is 7.67. The van der Waals surface area contributed by atoms with Gasteiger partial charge in [-0.3, -0.25) is 14.7 Å². The first-order valence-corrected chi connectivity index (χ1v) is 6.89. The standard InChI is InChI=1S/C6H6N2O5S.C4H11N/c7-5-2-1-4(14(11,12)13)3-6(5)8(9)10;1-2-3-4-5/h1-3H,7H2,(H,11,12,13);2-5H2,1H3. The number of nitrogens with zero attached hydrogens (tertiary/aromatic N) is 1. The van der Waals surface area contributed by atoms with Crippen molar-refractivity contribution in [2.75, 3.05) is 12.3 Å². The molecule has 0 saturated carbocycles. The predicted molar refractivity (Wildman–Crippen MR) is 71.3 cm³/mol. The number of anilines is 1. The summed E-state index contributed by atoms with van der Waals surface area (Å²) in [7, 11) is -4.44. The van der Waals surface area contributed by atoms with Gasteiger partial charge in [0.15, 0.2) is 0 Å². The molecule has 0 unspecified atom stereocenters. The van der Waals surface area contributed by atoms with Crippen LogP contribution in [0.4, 0.5) is 11.4 Å². The Morgan fingerprint density at radius 3 is 2.32 bits per heavy atom. The molecule has 1 rings (SSSR count). The number of hydrogen-bond acceptors (Lipinski definition) is 6. The molecule has 108 valence electrons. The molecule has 0 fully saturated rings. The highest BCUT2D eigenvalue weighted by molar-refractivity contribution is 7.85. The Balaban J connectivity index is 0.000000555. The molecule has 0 radical (unpaired) electrons. The second-order valence-electron chi connectivity index (χ2n) is 3.60. The lowest BCUT2D eigenvalue weighted by atomic mass is 10.3. The molecule has 0 amide bonds. The van der Waals surface area contributed by atoms with Crippen molar-refractivity contribution < 1.29 is 17.9 Å². The zero-order valence-corrected chi connectivity index (χ0v) is 11.3. The Labute approximate surface area is 111 Å². The molecule has 0 aliphatic carbocycles. The van der Waals surface area contributed by atoms with Crippen molar-refractivity contribution in [1.29, 1.82) is 0 Å². The number of nitro groups is 1. The Morgan fingerprint density at radius 2 is 2.00 bits per heavy atom.